The van der Waals surface area contributed by atoms with Gasteiger partial charge in [-0.05, 0) is 70.6 Å². The zero-order valence-corrected chi connectivity index (χ0v) is 12.5. The Hall–Kier alpha value is 0.170. The summed E-state index contributed by atoms with van der Waals surface area (Å²) in [6.07, 6.45) is 6.69. The molecule has 0 amide bonds. The van der Waals surface area contributed by atoms with Gasteiger partial charge in [0.2, 0.25) is 0 Å². The van der Waals surface area contributed by atoms with E-state index in [-0.39, 0.29) is 12.4 Å². The quantitative estimate of drug-likeness (QED) is 0.833. The van der Waals surface area contributed by atoms with E-state index >= 15 is 0 Å². The third kappa shape index (κ3) is 5.87. The minimum Gasteiger partial charge on any atom is -0.381 e. The smallest absolute Gasteiger partial charge is 0.0468 e. The van der Waals surface area contributed by atoms with Crippen LogP contribution in [0, 0.1) is 11.8 Å². The van der Waals surface area contributed by atoms with Gasteiger partial charge in [0.05, 0.1) is 0 Å². The Morgan fingerprint density at radius 3 is 2.61 bits per heavy atom. The van der Waals surface area contributed by atoms with Crippen LogP contribution in [0.25, 0.3) is 0 Å². The molecule has 0 bridgehead atoms. The van der Waals surface area contributed by atoms with Gasteiger partial charge in [-0.2, -0.15) is 0 Å². The van der Waals surface area contributed by atoms with Crippen LogP contribution >= 0.6 is 12.4 Å². The van der Waals surface area contributed by atoms with Crippen LogP contribution in [0.4, 0.5) is 0 Å². The Bertz CT molecular complexity index is 204. The molecule has 2 saturated heterocycles. The molecule has 0 aromatic carbocycles. The summed E-state index contributed by atoms with van der Waals surface area (Å²) in [5.74, 6) is 1.79. The zero-order valence-electron chi connectivity index (χ0n) is 11.7. The molecule has 18 heavy (non-hydrogen) atoms. The van der Waals surface area contributed by atoms with Crippen LogP contribution in [0.15, 0.2) is 0 Å². The average molecular weight is 277 g/mol. The fourth-order valence-corrected chi connectivity index (χ4v) is 3.05. The van der Waals surface area contributed by atoms with Crippen molar-refractivity contribution >= 4 is 12.4 Å². The van der Waals surface area contributed by atoms with Crippen LogP contribution in [0.3, 0.4) is 0 Å². The second-order valence-corrected chi connectivity index (χ2v) is 5.82. The van der Waals surface area contributed by atoms with Crippen molar-refractivity contribution in [2.75, 3.05) is 46.4 Å². The fraction of sp³-hybridized carbons (Fsp3) is 1.00. The summed E-state index contributed by atoms with van der Waals surface area (Å²) in [6, 6.07) is 0. The van der Waals surface area contributed by atoms with Gasteiger partial charge in [-0.25, -0.2) is 0 Å². The summed E-state index contributed by atoms with van der Waals surface area (Å²) in [6.45, 7) is 6.96. The molecule has 108 valence electrons. The Kier molecular flexibility index (Phi) is 8.23. The van der Waals surface area contributed by atoms with Gasteiger partial charge in [0.25, 0.3) is 0 Å². The van der Waals surface area contributed by atoms with Crippen molar-refractivity contribution in [2.45, 2.75) is 32.1 Å². The monoisotopic (exact) mass is 276 g/mol. The Labute approximate surface area is 118 Å². The van der Waals surface area contributed by atoms with Gasteiger partial charge in [-0.3, -0.25) is 0 Å². The van der Waals surface area contributed by atoms with Gasteiger partial charge < -0.3 is 15.0 Å². The molecule has 0 aromatic rings. The highest BCUT2D eigenvalue weighted by Gasteiger charge is 2.17. The molecule has 0 saturated carbocycles. The molecule has 0 aromatic heterocycles. The molecule has 1 N–H and O–H groups in total. The van der Waals surface area contributed by atoms with E-state index < -0.39 is 0 Å². The lowest BCUT2D eigenvalue weighted by Crippen LogP contribution is -2.37. The third-order valence-corrected chi connectivity index (χ3v) is 4.23. The molecule has 0 aliphatic carbocycles. The first-order chi connectivity index (χ1) is 8.34. The molecule has 0 radical (unpaired) electrons. The number of nitrogens with one attached hydrogen (secondary N) is 1. The normalized spacial score (nSPS) is 26.0. The zero-order chi connectivity index (χ0) is 11.9. The van der Waals surface area contributed by atoms with Crippen molar-refractivity contribution in [3.05, 3.63) is 0 Å². The van der Waals surface area contributed by atoms with E-state index in [1.54, 1.807) is 0 Å². The molecule has 4 heteroatoms. The molecule has 2 aliphatic heterocycles. The first-order valence-electron chi connectivity index (χ1n) is 7.31. The van der Waals surface area contributed by atoms with Crippen LogP contribution in [0.1, 0.15) is 32.1 Å². The molecule has 2 rings (SSSR count). The maximum Gasteiger partial charge on any atom is 0.0468 e. The molecule has 1 unspecified atom stereocenters. The Morgan fingerprint density at radius 2 is 1.94 bits per heavy atom. The topological polar surface area (TPSA) is 24.5 Å². The maximum absolute atomic E-state index is 5.41. The summed E-state index contributed by atoms with van der Waals surface area (Å²) in [4.78, 5) is 2.53. The molecular weight excluding hydrogens is 248 g/mol. The van der Waals surface area contributed by atoms with Gasteiger partial charge in [-0.15, -0.1) is 12.4 Å². The van der Waals surface area contributed by atoms with Gasteiger partial charge in [0.15, 0.2) is 0 Å². The first-order valence-corrected chi connectivity index (χ1v) is 7.31. The van der Waals surface area contributed by atoms with E-state index in [4.69, 9.17) is 4.74 Å². The molecule has 0 spiro atoms. The van der Waals surface area contributed by atoms with Crippen molar-refractivity contribution in [3.63, 3.8) is 0 Å². The number of nitrogens with zero attached hydrogens (tertiary/aromatic N) is 1. The van der Waals surface area contributed by atoms with E-state index in [1.807, 2.05) is 0 Å². The first kappa shape index (κ1) is 16.2. The van der Waals surface area contributed by atoms with Gasteiger partial charge in [0.1, 0.15) is 0 Å². The Morgan fingerprint density at radius 1 is 1.17 bits per heavy atom. The van der Waals surface area contributed by atoms with E-state index in [0.29, 0.717) is 0 Å². The van der Waals surface area contributed by atoms with Crippen molar-refractivity contribution in [3.8, 4) is 0 Å². The minimum atomic E-state index is 0. The summed E-state index contributed by atoms with van der Waals surface area (Å²) in [5, 5.41) is 3.50. The highest BCUT2D eigenvalue weighted by Crippen LogP contribution is 2.19. The summed E-state index contributed by atoms with van der Waals surface area (Å²) < 4.78 is 5.41. The maximum atomic E-state index is 5.41. The molecule has 2 aliphatic rings. The highest BCUT2D eigenvalue weighted by atomic mass is 35.5. The largest absolute Gasteiger partial charge is 0.381 e. The van der Waals surface area contributed by atoms with Gasteiger partial charge in [0, 0.05) is 19.8 Å². The second-order valence-electron chi connectivity index (χ2n) is 5.82. The number of rotatable bonds is 5. The average Bonchev–Trinajstić information content (AvgIpc) is 2.39. The van der Waals surface area contributed by atoms with Crippen LogP contribution in [-0.2, 0) is 4.74 Å². The third-order valence-electron chi connectivity index (χ3n) is 4.23. The van der Waals surface area contributed by atoms with E-state index in [0.717, 1.165) is 25.0 Å². The summed E-state index contributed by atoms with van der Waals surface area (Å²) >= 11 is 0. The number of ether oxygens (including phenoxy) is 1. The fourth-order valence-electron chi connectivity index (χ4n) is 3.05. The summed E-state index contributed by atoms with van der Waals surface area (Å²) in [7, 11) is 2.29. The van der Waals surface area contributed by atoms with Crippen LogP contribution in [0.2, 0.25) is 0 Å². The number of halogens is 1. The lowest BCUT2D eigenvalue weighted by molar-refractivity contribution is 0.0603. The van der Waals surface area contributed by atoms with Crippen molar-refractivity contribution in [2.24, 2.45) is 11.8 Å². The molecule has 1 atom stereocenters. The Balaban J connectivity index is 0.00000162. The van der Waals surface area contributed by atoms with Gasteiger partial charge in [-0.1, -0.05) is 0 Å². The lowest BCUT2D eigenvalue weighted by atomic mass is 9.95. The SMILES string of the molecule is CN(CCC1CCOCC1)CC1CCCNC1.Cl. The number of hydrogen-bond donors (Lipinski definition) is 1. The number of hydrogen-bond acceptors (Lipinski definition) is 3. The van der Waals surface area contributed by atoms with E-state index in [1.165, 1.54) is 58.3 Å². The standard InChI is InChI=1S/C14H28N2O.ClH/c1-16(12-14-3-2-7-15-11-14)8-4-13-5-9-17-10-6-13;/h13-15H,2-12H2,1H3;1H. The molecule has 2 fully saturated rings. The summed E-state index contributed by atoms with van der Waals surface area (Å²) in [5.41, 5.74) is 0. The van der Waals surface area contributed by atoms with Crippen LogP contribution in [-0.4, -0.2) is 51.3 Å². The number of piperidine rings is 1. The van der Waals surface area contributed by atoms with Crippen molar-refractivity contribution in [1.29, 1.82) is 0 Å². The predicted octanol–water partition coefficient (Wildman–Crippen LogP) is 2.16. The molecular formula is C14H29ClN2O. The molecule has 3 nitrogen and oxygen atoms in total. The highest BCUT2D eigenvalue weighted by molar-refractivity contribution is 5.85. The predicted molar refractivity (Wildman–Crippen MR) is 78.5 cm³/mol. The van der Waals surface area contributed by atoms with Crippen LogP contribution < -0.4 is 5.32 Å². The van der Waals surface area contributed by atoms with Crippen LogP contribution in [0.5, 0.6) is 0 Å². The van der Waals surface area contributed by atoms with E-state index in [2.05, 4.69) is 17.3 Å². The van der Waals surface area contributed by atoms with Gasteiger partial charge >= 0.3 is 0 Å². The molecule has 2 heterocycles. The van der Waals surface area contributed by atoms with Crippen molar-refractivity contribution < 1.29 is 4.74 Å². The van der Waals surface area contributed by atoms with Crippen molar-refractivity contribution in [1.82, 2.24) is 10.2 Å². The van der Waals surface area contributed by atoms with E-state index in [9.17, 15) is 0 Å². The minimum absolute atomic E-state index is 0. The second kappa shape index (κ2) is 9.13. The lowest BCUT2D eigenvalue weighted by Gasteiger charge is -2.29.